The molecule has 0 bridgehead atoms. The van der Waals surface area contributed by atoms with Gasteiger partial charge in [0.25, 0.3) is 0 Å². The lowest BCUT2D eigenvalue weighted by Crippen LogP contribution is -2.05. The molecule has 6 heteroatoms. The molecule has 0 aliphatic rings. The SMILES string of the molecule is OC(c1ccc(F)c(OCc2ccccc2)c1)c1nccnc1Cl. The lowest BCUT2D eigenvalue weighted by atomic mass is 10.1. The Kier molecular flexibility index (Phi) is 5.03. The van der Waals surface area contributed by atoms with Gasteiger partial charge in [0.2, 0.25) is 0 Å². The van der Waals surface area contributed by atoms with Crippen LogP contribution in [0.2, 0.25) is 5.15 Å². The monoisotopic (exact) mass is 344 g/mol. The van der Waals surface area contributed by atoms with Crippen LogP contribution in [0.25, 0.3) is 0 Å². The summed E-state index contributed by atoms with van der Waals surface area (Å²) in [5.41, 5.74) is 1.54. The number of aliphatic hydroxyl groups is 1. The van der Waals surface area contributed by atoms with E-state index in [1.807, 2.05) is 30.3 Å². The predicted molar refractivity (Wildman–Crippen MR) is 88.3 cm³/mol. The van der Waals surface area contributed by atoms with E-state index in [9.17, 15) is 9.50 Å². The molecule has 1 N–H and O–H groups in total. The molecular formula is C18H14ClFN2O2. The summed E-state index contributed by atoms with van der Waals surface area (Å²) in [6.45, 7) is 0.225. The Morgan fingerprint density at radius 1 is 1.08 bits per heavy atom. The molecule has 0 radical (unpaired) electrons. The molecule has 4 nitrogen and oxygen atoms in total. The summed E-state index contributed by atoms with van der Waals surface area (Å²) in [6, 6.07) is 13.6. The molecular weight excluding hydrogens is 331 g/mol. The Balaban J connectivity index is 1.82. The molecule has 0 aliphatic carbocycles. The number of hydrogen-bond acceptors (Lipinski definition) is 4. The van der Waals surface area contributed by atoms with Gasteiger partial charge >= 0.3 is 0 Å². The van der Waals surface area contributed by atoms with Crippen molar-refractivity contribution >= 4 is 11.6 Å². The third-order valence-electron chi connectivity index (χ3n) is 3.45. The van der Waals surface area contributed by atoms with Crippen LogP contribution in [0.15, 0.2) is 60.9 Å². The summed E-state index contributed by atoms with van der Waals surface area (Å²) in [5.74, 6) is -0.456. The van der Waals surface area contributed by atoms with Crippen LogP contribution in [0.3, 0.4) is 0 Å². The van der Waals surface area contributed by atoms with Crippen LogP contribution >= 0.6 is 11.6 Å². The molecule has 3 aromatic rings. The quantitative estimate of drug-likeness (QED) is 0.762. The molecule has 0 spiro atoms. The fraction of sp³-hybridized carbons (Fsp3) is 0.111. The Morgan fingerprint density at radius 2 is 1.83 bits per heavy atom. The van der Waals surface area contributed by atoms with E-state index >= 15 is 0 Å². The molecule has 1 unspecified atom stereocenters. The molecule has 1 atom stereocenters. The predicted octanol–water partition coefficient (Wildman–Crippen LogP) is 3.93. The maximum atomic E-state index is 14.0. The van der Waals surface area contributed by atoms with Crippen LogP contribution in [-0.2, 0) is 6.61 Å². The van der Waals surface area contributed by atoms with Crippen LogP contribution in [0.5, 0.6) is 5.75 Å². The van der Waals surface area contributed by atoms with Crippen molar-refractivity contribution in [1.82, 2.24) is 9.97 Å². The van der Waals surface area contributed by atoms with E-state index in [1.54, 1.807) is 0 Å². The highest BCUT2D eigenvalue weighted by Crippen LogP contribution is 2.29. The minimum atomic E-state index is -1.12. The van der Waals surface area contributed by atoms with Gasteiger partial charge in [0.1, 0.15) is 18.4 Å². The zero-order valence-electron chi connectivity index (χ0n) is 12.6. The summed E-state index contributed by atoms with van der Waals surface area (Å²) in [7, 11) is 0. The maximum Gasteiger partial charge on any atom is 0.165 e. The molecule has 2 aromatic carbocycles. The number of halogens is 2. The van der Waals surface area contributed by atoms with Gasteiger partial charge in [0, 0.05) is 12.4 Å². The molecule has 1 aromatic heterocycles. The van der Waals surface area contributed by atoms with Gasteiger partial charge in [-0.25, -0.2) is 9.37 Å². The zero-order chi connectivity index (χ0) is 16.9. The van der Waals surface area contributed by atoms with E-state index in [0.29, 0.717) is 5.56 Å². The number of hydrogen-bond donors (Lipinski definition) is 1. The minimum absolute atomic E-state index is 0.0513. The highest BCUT2D eigenvalue weighted by Gasteiger charge is 2.18. The van der Waals surface area contributed by atoms with Crippen LogP contribution in [0, 0.1) is 5.82 Å². The van der Waals surface area contributed by atoms with E-state index < -0.39 is 11.9 Å². The second-order valence-corrected chi connectivity index (χ2v) is 5.46. The minimum Gasteiger partial charge on any atom is -0.486 e. The summed E-state index contributed by atoms with van der Waals surface area (Å²) in [4.78, 5) is 7.90. The van der Waals surface area contributed by atoms with Crippen LogP contribution in [0.1, 0.15) is 22.9 Å². The van der Waals surface area contributed by atoms with Crippen LogP contribution in [0.4, 0.5) is 4.39 Å². The lowest BCUT2D eigenvalue weighted by Gasteiger charge is -2.14. The largest absolute Gasteiger partial charge is 0.486 e. The first-order valence-electron chi connectivity index (χ1n) is 7.26. The lowest BCUT2D eigenvalue weighted by molar-refractivity contribution is 0.213. The highest BCUT2D eigenvalue weighted by atomic mass is 35.5. The zero-order valence-corrected chi connectivity index (χ0v) is 13.3. The van der Waals surface area contributed by atoms with Gasteiger partial charge in [-0.1, -0.05) is 48.0 Å². The van der Waals surface area contributed by atoms with E-state index in [2.05, 4.69) is 9.97 Å². The van der Waals surface area contributed by atoms with Crippen LogP contribution < -0.4 is 4.74 Å². The van der Waals surface area contributed by atoms with Crippen molar-refractivity contribution in [1.29, 1.82) is 0 Å². The highest BCUT2D eigenvalue weighted by molar-refractivity contribution is 6.30. The Morgan fingerprint density at radius 3 is 2.58 bits per heavy atom. The number of rotatable bonds is 5. The van der Waals surface area contributed by atoms with Gasteiger partial charge in [0.15, 0.2) is 16.7 Å². The molecule has 0 fully saturated rings. The van der Waals surface area contributed by atoms with Gasteiger partial charge in [-0.15, -0.1) is 0 Å². The summed E-state index contributed by atoms with van der Waals surface area (Å²) in [5, 5.41) is 10.5. The standard InChI is InChI=1S/C18H14ClFN2O2/c19-18-16(21-8-9-22-18)17(23)13-6-7-14(20)15(10-13)24-11-12-4-2-1-3-5-12/h1-10,17,23H,11H2. The van der Waals surface area contributed by atoms with Gasteiger partial charge < -0.3 is 9.84 Å². The van der Waals surface area contributed by atoms with Gasteiger partial charge in [-0.2, -0.15) is 0 Å². The topological polar surface area (TPSA) is 55.2 Å². The first kappa shape index (κ1) is 16.4. The van der Waals surface area contributed by atoms with Gasteiger partial charge in [-0.3, -0.25) is 4.98 Å². The van der Waals surface area contributed by atoms with Crippen molar-refractivity contribution in [2.75, 3.05) is 0 Å². The number of aromatic nitrogens is 2. The third kappa shape index (κ3) is 3.69. The van der Waals surface area contributed by atoms with Gasteiger partial charge in [0.05, 0.1) is 0 Å². The van der Waals surface area contributed by atoms with Crippen molar-refractivity contribution in [2.24, 2.45) is 0 Å². The molecule has 0 saturated carbocycles. The second kappa shape index (κ2) is 7.38. The molecule has 0 amide bonds. The van der Waals surface area contributed by atoms with E-state index in [4.69, 9.17) is 16.3 Å². The van der Waals surface area contributed by atoms with Crippen molar-refractivity contribution in [2.45, 2.75) is 12.7 Å². The fourth-order valence-electron chi connectivity index (χ4n) is 2.21. The summed E-state index contributed by atoms with van der Waals surface area (Å²) >= 11 is 5.94. The first-order valence-corrected chi connectivity index (χ1v) is 7.63. The Bertz CT molecular complexity index is 830. The number of nitrogens with zero attached hydrogens (tertiary/aromatic N) is 2. The van der Waals surface area contributed by atoms with E-state index in [-0.39, 0.29) is 23.2 Å². The average molecular weight is 345 g/mol. The molecule has 24 heavy (non-hydrogen) atoms. The first-order chi connectivity index (χ1) is 11.6. The fourth-order valence-corrected chi connectivity index (χ4v) is 2.42. The molecule has 0 aliphatic heterocycles. The summed E-state index contributed by atoms with van der Waals surface area (Å²) < 4.78 is 19.5. The van der Waals surface area contributed by atoms with Crippen molar-refractivity contribution in [3.8, 4) is 5.75 Å². The van der Waals surface area contributed by atoms with Crippen molar-refractivity contribution < 1.29 is 14.2 Å². The number of ether oxygens (including phenoxy) is 1. The summed E-state index contributed by atoms with van der Waals surface area (Å²) in [6.07, 6.45) is 1.74. The molecule has 0 saturated heterocycles. The Hall–Kier alpha value is -2.50. The molecule has 122 valence electrons. The normalized spacial score (nSPS) is 12.0. The van der Waals surface area contributed by atoms with Gasteiger partial charge in [-0.05, 0) is 23.3 Å². The third-order valence-corrected chi connectivity index (χ3v) is 3.74. The van der Waals surface area contributed by atoms with E-state index in [0.717, 1.165) is 5.56 Å². The number of benzene rings is 2. The smallest absolute Gasteiger partial charge is 0.165 e. The van der Waals surface area contributed by atoms with E-state index in [1.165, 1.54) is 30.6 Å². The average Bonchev–Trinajstić information content (AvgIpc) is 2.62. The molecule has 1 heterocycles. The van der Waals surface area contributed by atoms with Crippen LogP contribution in [-0.4, -0.2) is 15.1 Å². The maximum absolute atomic E-state index is 14.0. The second-order valence-electron chi connectivity index (χ2n) is 5.10. The van der Waals surface area contributed by atoms with Crippen molar-refractivity contribution in [3.05, 3.63) is 88.7 Å². The Labute approximate surface area is 143 Å². The van der Waals surface area contributed by atoms with Crippen molar-refractivity contribution in [3.63, 3.8) is 0 Å². The molecule has 3 rings (SSSR count). The number of aliphatic hydroxyl groups excluding tert-OH is 1.